The molecule has 8 nitrogen and oxygen atoms in total. The zero-order valence-electron chi connectivity index (χ0n) is 17.5. The van der Waals surface area contributed by atoms with E-state index in [4.69, 9.17) is 14.2 Å². The predicted octanol–water partition coefficient (Wildman–Crippen LogP) is 1.76. The molecule has 1 amide bonds. The first-order valence-corrected chi connectivity index (χ1v) is 11.6. The topological polar surface area (TPSA) is 85.4 Å². The summed E-state index contributed by atoms with van der Waals surface area (Å²) in [4.78, 5) is 14.8. The first-order chi connectivity index (χ1) is 14.9. The van der Waals surface area contributed by atoms with Gasteiger partial charge in [0.25, 0.3) is 5.91 Å². The van der Waals surface area contributed by atoms with Crippen molar-refractivity contribution < 1.29 is 27.4 Å². The van der Waals surface area contributed by atoms with E-state index in [1.807, 2.05) is 18.2 Å². The van der Waals surface area contributed by atoms with Crippen molar-refractivity contribution in [2.24, 2.45) is 0 Å². The van der Waals surface area contributed by atoms with Crippen molar-refractivity contribution in [1.82, 2.24) is 9.21 Å². The standard InChI is InChI=1S/C22H26N2O6S/c1-16(29-18-6-4-3-5-7-18)22(25)23-12-19-14-24(15-20(13-23)30-19)31(26,27)21-10-8-17(28-2)9-11-21/h3-11,16,19-20H,12-15H2,1-2H3/t16-,19-,20+/m0/s1. The third-order valence-corrected chi connectivity index (χ3v) is 7.31. The van der Waals surface area contributed by atoms with Gasteiger partial charge in [-0.1, -0.05) is 18.2 Å². The van der Waals surface area contributed by atoms with E-state index < -0.39 is 16.1 Å². The largest absolute Gasteiger partial charge is 0.497 e. The van der Waals surface area contributed by atoms with E-state index in [1.165, 1.54) is 23.5 Å². The highest BCUT2D eigenvalue weighted by Gasteiger charge is 2.42. The average molecular weight is 447 g/mol. The molecule has 2 aromatic rings. The normalized spacial score (nSPS) is 22.6. The van der Waals surface area contributed by atoms with Crippen LogP contribution in [0.25, 0.3) is 0 Å². The number of morpholine rings is 2. The zero-order valence-corrected chi connectivity index (χ0v) is 18.3. The summed E-state index contributed by atoms with van der Waals surface area (Å²) in [6.07, 6.45) is -1.40. The number of sulfonamides is 1. The Morgan fingerprint density at radius 2 is 1.58 bits per heavy atom. The number of fused-ring (bicyclic) bond motifs is 2. The quantitative estimate of drug-likeness (QED) is 0.672. The Hall–Kier alpha value is -2.62. The number of ether oxygens (including phenoxy) is 3. The van der Waals surface area contributed by atoms with E-state index in [-0.39, 0.29) is 36.1 Å². The number of para-hydroxylation sites is 1. The molecule has 2 aromatic carbocycles. The van der Waals surface area contributed by atoms with Gasteiger partial charge < -0.3 is 19.1 Å². The van der Waals surface area contributed by atoms with E-state index in [9.17, 15) is 13.2 Å². The molecule has 2 bridgehead atoms. The molecule has 0 saturated carbocycles. The second-order valence-electron chi connectivity index (χ2n) is 7.69. The summed E-state index contributed by atoms with van der Waals surface area (Å²) in [6, 6.07) is 15.5. The van der Waals surface area contributed by atoms with Crippen molar-refractivity contribution in [3.63, 3.8) is 0 Å². The molecule has 0 spiro atoms. The fourth-order valence-corrected chi connectivity index (χ4v) is 5.44. The molecule has 0 aromatic heterocycles. The second-order valence-corrected chi connectivity index (χ2v) is 9.63. The monoisotopic (exact) mass is 446 g/mol. The minimum absolute atomic E-state index is 0.131. The number of amides is 1. The van der Waals surface area contributed by atoms with Crippen LogP contribution in [0, 0.1) is 0 Å². The lowest BCUT2D eigenvalue weighted by Gasteiger charge is -2.45. The Balaban J connectivity index is 1.41. The summed E-state index contributed by atoms with van der Waals surface area (Å²) in [5, 5.41) is 0. The molecule has 4 rings (SSSR count). The minimum atomic E-state index is -3.65. The first-order valence-electron chi connectivity index (χ1n) is 10.2. The lowest BCUT2D eigenvalue weighted by Crippen LogP contribution is -2.62. The Labute approximate surface area is 182 Å². The molecule has 2 heterocycles. The van der Waals surface area contributed by atoms with E-state index in [2.05, 4.69) is 0 Å². The fourth-order valence-electron chi connectivity index (χ4n) is 3.94. The number of methoxy groups -OCH3 is 1. The van der Waals surface area contributed by atoms with Crippen molar-refractivity contribution in [2.75, 3.05) is 33.3 Å². The number of benzene rings is 2. The molecule has 2 aliphatic heterocycles. The molecule has 0 radical (unpaired) electrons. The third-order valence-electron chi connectivity index (χ3n) is 5.46. The van der Waals surface area contributed by atoms with Gasteiger partial charge in [0.05, 0.1) is 24.2 Å². The van der Waals surface area contributed by atoms with Crippen LogP contribution < -0.4 is 9.47 Å². The van der Waals surface area contributed by atoms with Crippen molar-refractivity contribution >= 4 is 15.9 Å². The minimum Gasteiger partial charge on any atom is -0.497 e. The highest BCUT2D eigenvalue weighted by Crippen LogP contribution is 2.26. The van der Waals surface area contributed by atoms with Crippen LogP contribution in [0.4, 0.5) is 0 Å². The molecule has 2 aliphatic rings. The number of hydrogen-bond acceptors (Lipinski definition) is 6. The lowest BCUT2D eigenvalue weighted by molar-refractivity contribution is -0.159. The number of carbonyl (C=O) groups is 1. The maximum atomic E-state index is 13.1. The van der Waals surface area contributed by atoms with Crippen molar-refractivity contribution in [2.45, 2.75) is 30.1 Å². The molecular formula is C22H26N2O6S. The lowest BCUT2D eigenvalue weighted by atomic mass is 10.1. The summed E-state index contributed by atoms with van der Waals surface area (Å²) in [5.74, 6) is 1.10. The Morgan fingerprint density at radius 3 is 2.16 bits per heavy atom. The van der Waals surface area contributed by atoms with Gasteiger partial charge in [0.1, 0.15) is 11.5 Å². The number of nitrogens with zero attached hydrogens (tertiary/aromatic N) is 2. The van der Waals surface area contributed by atoms with E-state index in [0.29, 0.717) is 24.6 Å². The molecule has 0 aliphatic carbocycles. The van der Waals surface area contributed by atoms with Crippen molar-refractivity contribution in [3.8, 4) is 11.5 Å². The second kappa shape index (κ2) is 8.86. The molecule has 0 N–H and O–H groups in total. The van der Waals surface area contributed by atoms with Crippen LogP contribution >= 0.6 is 0 Å². The number of carbonyl (C=O) groups excluding carboxylic acids is 1. The van der Waals surface area contributed by atoms with Gasteiger partial charge in [0, 0.05) is 26.2 Å². The van der Waals surface area contributed by atoms with Crippen LogP contribution in [0.2, 0.25) is 0 Å². The fraction of sp³-hybridized carbons (Fsp3) is 0.409. The number of hydrogen-bond donors (Lipinski definition) is 0. The highest BCUT2D eigenvalue weighted by atomic mass is 32.2. The van der Waals surface area contributed by atoms with E-state index in [0.717, 1.165) is 0 Å². The van der Waals surface area contributed by atoms with Crippen LogP contribution in [0.15, 0.2) is 59.5 Å². The first kappa shape index (κ1) is 21.6. The highest BCUT2D eigenvalue weighted by molar-refractivity contribution is 7.89. The molecule has 0 unspecified atom stereocenters. The Morgan fingerprint density at radius 1 is 0.968 bits per heavy atom. The molecule has 9 heteroatoms. The molecule has 2 fully saturated rings. The van der Waals surface area contributed by atoms with Crippen LogP contribution in [0.3, 0.4) is 0 Å². The summed E-state index contributed by atoms with van der Waals surface area (Å²) < 4.78 is 44.4. The number of rotatable bonds is 6. The molecule has 31 heavy (non-hydrogen) atoms. The summed E-state index contributed by atoms with van der Waals surface area (Å²) >= 11 is 0. The van der Waals surface area contributed by atoms with Gasteiger partial charge in [-0.2, -0.15) is 4.31 Å². The van der Waals surface area contributed by atoms with Gasteiger partial charge in [0.15, 0.2) is 6.10 Å². The Kier molecular flexibility index (Phi) is 6.17. The SMILES string of the molecule is COc1ccc(S(=O)(=O)N2C[C@H]3CN(C(=O)[C@H](C)Oc4ccccc4)C[C@@H](C2)O3)cc1. The van der Waals surface area contributed by atoms with Crippen molar-refractivity contribution in [3.05, 3.63) is 54.6 Å². The van der Waals surface area contributed by atoms with E-state index >= 15 is 0 Å². The molecule has 166 valence electrons. The van der Waals surface area contributed by atoms with Gasteiger partial charge in [-0.15, -0.1) is 0 Å². The van der Waals surface area contributed by atoms with Crippen LogP contribution in [-0.4, -0.2) is 75.1 Å². The zero-order chi connectivity index (χ0) is 22.0. The maximum absolute atomic E-state index is 13.1. The summed E-state index contributed by atoms with van der Waals surface area (Å²) in [6.45, 7) is 2.77. The molecule has 3 atom stereocenters. The Bertz CT molecular complexity index is 998. The van der Waals surface area contributed by atoms with Gasteiger partial charge in [-0.25, -0.2) is 8.42 Å². The van der Waals surface area contributed by atoms with Crippen LogP contribution in [0.5, 0.6) is 11.5 Å². The molecular weight excluding hydrogens is 420 g/mol. The maximum Gasteiger partial charge on any atom is 0.263 e. The summed E-state index contributed by atoms with van der Waals surface area (Å²) in [7, 11) is -2.12. The average Bonchev–Trinajstić information content (AvgIpc) is 2.78. The molecule has 2 saturated heterocycles. The van der Waals surface area contributed by atoms with Gasteiger partial charge in [-0.05, 0) is 43.3 Å². The van der Waals surface area contributed by atoms with Crippen LogP contribution in [-0.2, 0) is 19.6 Å². The van der Waals surface area contributed by atoms with Crippen molar-refractivity contribution in [1.29, 1.82) is 0 Å². The van der Waals surface area contributed by atoms with Gasteiger partial charge >= 0.3 is 0 Å². The summed E-state index contributed by atoms with van der Waals surface area (Å²) in [5.41, 5.74) is 0. The van der Waals surface area contributed by atoms with Crippen LogP contribution in [0.1, 0.15) is 6.92 Å². The third kappa shape index (κ3) is 4.68. The predicted molar refractivity (Wildman–Crippen MR) is 114 cm³/mol. The smallest absolute Gasteiger partial charge is 0.263 e. The van der Waals surface area contributed by atoms with E-state index in [1.54, 1.807) is 36.1 Å². The van der Waals surface area contributed by atoms with Gasteiger partial charge in [-0.3, -0.25) is 4.79 Å². The van der Waals surface area contributed by atoms with Gasteiger partial charge in [0.2, 0.25) is 10.0 Å².